The second kappa shape index (κ2) is 4.72. The predicted molar refractivity (Wildman–Crippen MR) is 62.2 cm³/mol. The lowest BCUT2D eigenvalue weighted by Crippen LogP contribution is -2.26. The van der Waals surface area contributed by atoms with Crippen LogP contribution in [0.15, 0.2) is 23.1 Å². The van der Waals surface area contributed by atoms with E-state index in [9.17, 15) is 12.8 Å². The summed E-state index contributed by atoms with van der Waals surface area (Å²) in [6, 6.07) is 3.94. The summed E-state index contributed by atoms with van der Waals surface area (Å²) in [4.78, 5) is -0.310. The molecular formula is C11H15FN2O2S. The summed E-state index contributed by atoms with van der Waals surface area (Å²) in [5.41, 5.74) is 5.93. The Hall–Kier alpha value is -0.980. The van der Waals surface area contributed by atoms with Crippen molar-refractivity contribution >= 4 is 10.0 Å². The molecule has 0 unspecified atom stereocenters. The minimum atomic E-state index is -3.74. The lowest BCUT2D eigenvalue weighted by molar-refractivity contribution is 0.553. The highest BCUT2D eigenvalue weighted by Crippen LogP contribution is 2.28. The van der Waals surface area contributed by atoms with Crippen LogP contribution in [-0.2, 0) is 16.6 Å². The van der Waals surface area contributed by atoms with E-state index in [2.05, 4.69) is 4.72 Å². The first-order valence-corrected chi connectivity index (χ1v) is 6.99. The van der Waals surface area contributed by atoms with Crippen molar-refractivity contribution in [1.29, 1.82) is 0 Å². The Morgan fingerprint density at radius 2 is 2.12 bits per heavy atom. The summed E-state index contributed by atoms with van der Waals surface area (Å²) in [5.74, 6) is -0.340. The smallest absolute Gasteiger partial charge is 0.243 e. The molecular weight excluding hydrogens is 243 g/mol. The van der Waals surface area contributed by atoms with E-state index in [0.29, 0.717) is 18.0 Å². The highest BCUT2D eigenvalue weighted by atomic mass is 32.2. The van der Waals surface area contributed by atoms with Crippen LogP contribution in [0.5, 0.6) is 0 Å². The van der Waals surface area contributed by atoms with Crippen LogP contribution in [0.25, 0.3) is 0 Å². The zero-order chi connectivity index (χ0) is 12.5. The second-order valence-corrected chi connectivity index (χ2v) is 6.00. The van der Waals surface area contributed by atoms with Gasteiger partial charge in [0.1, 0.15) is 10.7 Å². The second-order valence-electron chi connectivity index (χ2n) is 4.26. The van der Waals surface area contributed by atoms with Gasteiger partial charge < -0.3 is 5.73 Å². The Morgan fingerprint density at radius 3 is 2.65 bits per heavy atom. The molecule has 1 saturated carbocycles. The monoisotopic (exact) mass is 258 g/mol. The van der Waals surface area contributed by atoms with Gasteiger partial charge in [0.2, 0.25) is 10.0 Å². The van der Waals surface area contributed by atoms with Crippen LogP contribution in [0.3, 0.4) is 0 Å². The van der Waals surface area contributed by atoms with Crippen molar-refractivity contribution in [2.24, 2.45) is 11.7 Å². The zero-order valence-corrected chi connectivity index (χ0v) is 10.1. The van der Waals surface area contributed by atoms with Crippen molar-refractivity contribution in [3.8, 4) is 0 Å². The molecule has 1 aromatic rings. The van der Waals surface area contributed by atoms with Crippen LogP contribution in [0.4, 0.5) is 4.39 Å². The minimum absolute atomic E-state index is 0.187. The van der Waals surface area contributed by atoms with Gasteiger partial charge >= 0.3 is 0 Å². The standard InChI is InChI=1S/C11H15FN2O2S/c12-10-5-9(6-13)3-4-11(10)17(15,16)14-7-8-1-2-8/h3-5,8,14H,1-2,6-7,13H2. The van der Waals surface area contributed by atoms with Gasteiger partial charge in [-0.05, 0) is 36.5 Å². The molecule has 1 aromatic carbocycles. The molecule has 0 bridgehead atoms. The van der Waals surface area contributed by atoms with Gasteiger partial charge in [-0.2, -0.15) is 0 Å². The Balaban J connectivity index is 2.19. The highest BCUT2D eigenvalue weighted by molar-refractivity contribution is 7.89. The molecule has 3 N–H and O–H groups in total. The van der Waals surface area contributed by atoms with Crippen molar-refractivity contribution < 1.29 is 12.8 Å². The van der Waals surface area contributed by atoms with E-state index < -0.39 is 15.8 Å². The molecule has 0 atom stereocenters. The Morgan fingerprint density at radius 1 is 1.41 bits per heavy atom. The molecule has 0 aromatic heterocycles. The van der Waals surface area contributed by atoms with Gasteiger partial charge in [-0.3, -0.25) is 0 Å². The quantitative estimate of drug-likeness (QED) is 0.826. The van der Waals surface area contributed by atoms with E-state index in [-0.39, 0.29) is 11.4 Å². The predicted octanol–water partition coefficient (Wildman–Crippen LogP) is 0.973. The van der Waals surface area contributed by atoms with Crippen molar-refractivity contribution in [3.63, 3.8) is 0 Å². The molecule has 1 fully saturated rings. The van der Waals surface area contributed by atoms with Gasteiger partial charge in [-0.15, -0.1) is 0 Å². The molecule has 1 aliphatic carbocycles. The van der Waals surface area contributed by atoms with Crippen LogP contribution < -0.4 is 10.5 Å². The first kappa shape index (κ1) is 12.5. The fraction of sp³-hybridized carbons (Fsp3) is 0.455. The summed E-state index contributed by atoms with van der Waals surface area (Å²) in [6.07, 6.45) is 2.08. The number of rotatable bonds is 5. The normalized spacial score (nSPS) is 16.1. The lowest BCUT2D eigenvalue weighted by atomic mass is 10.2. The number of halogens is 1. The van der Waals surface area contributed by atoms with E-state index in [1.165, 1.54) is 12.1 Å². The van der Waals surface area contributed by atoms with Crippen LogP contribution in [0, 0.1) is 11.7 Å². The fourth-order valence-electron chi connectivity index (χ4n) is 1.52. The topological polar surface area (TPSA) is 72.2 Å². The maximum absolute atomic E-state index is 13.6. The van der Waals surface area contributed by atoms with Gasteiger partial charge in [0, 0.05) is 13.1 Å². The summed E-state index contributed by atoms with van der Waals surface area (Å²) in [5, 5.41) is 0. The summed E-state index contributed by atoms with van der Waals surface area (Å²) in [7, 11) is -3.74. The number of nitrogens with one attached hydrogen (secondary N) is 1. The largest absolute Gasteiger partial charge is 0.326 e. The highest BCUT2D eigenvalue weighted by Gasteiger charge is 2.25. The summed E-state index contributed by atoms with van der Waals surface area (Å²) >= 11 is 0. The third-order valence-electron chi connectivity index (χ3n) is 2.78. The van der Waals surface area contributed by atoms with Gasteiger partial charge in [0.25, 0.3) is 0 Å². The molecule has 1 aliphatic rings. The van der Waals surface area contributed by atoms with Gasteiger partial charge in [0.15, 0.2) is 0 Å². The molecule has 0 amide bonds. The van der Waals surface area contributed by atoms with Crippen LogP contribution in [-0.4, -0.2) is 15.0 Å². The molecule has 0 radical (unpaired) electrons. The van der Waals surface area contributed by atoms with Crippen LogP contribution in [0.1, 0.15) is 18.4 Å². The molecule has 0 spiro atoms. The number of sulfonamides is 1. The minimum Gasteiger partial charge on any atom is -0.326 e. The molecule has 0 heterocycles. The van der Waals surface area contributed by atoms with E-state index >= 15 is 0 Å². The van der Waals surface area contributed by atoms with Gasteiger partial charge in [-0.1, -0.05) is 6.07 Å². The zero-order valence-electron chi connectivity index (χ0n) is 9.32. The average molecular weight is 258 g/mol. The Labute approximate surface area is 100 Å². The number of hydrogen-bond donors (Lipinski definition) is 2. The molecule has 0 saturated heterocycles. The Bertz CT molecular complexity index is 512. The van der Waals surface area contributed by atoms with Crippen molar-refractivity contribution in [2.45, 2.75) is 24.3 Å². The molecule has 94 valence electrons. The lowest BCUT2D eigenvalue weighted by Gasteiger charge is -2.08. The molecule has 6 heteroatoms. The third kappa shape index (κ3) is 3.02. The molecule has 17 heavy (non-hydrogen) atoms. The molecule has 2 rings (SSSR count). The maximum atomic E-state index is 13.6. The first-order valence-electron chi connectivity index (χ1n) is 5.51. The molecule has 4 nitrogen and oxygen atoms in total. The number of hydrogen-bond acceptors (Lipinski definition) is 3. The number of benzene rings is 1. The molecule has 0 aliphatic heterocycles. The van der Waals surface area contributed by atoms with Gasteiger partial charge in [0.05, 0.1) is 0 Å². The van der Waals surface area contributed by atoms with Crippen LogP contribution in [0.2, 0.25) is 0 Å². The average Bonchev–Trinajstić information content (AvgIpc) is 3.09. The van der Waals surface area contributed by atoms with E-state index in [0.717, 1.165) is 18.9 Å². The summed E-state index contributed by atoms with van der Waals surface area (Å²) in [6.45, 7) is 0.577. The fourth-order valence-corrected chi connectivity index (χ4v) is 2.69. The van der Waals surface area contributed by atoms with Crippen molar-refractivity contribution in [1.82, 2.24) is 4.72 Å². The third-order valence-corrected chi connectivity index (χ3v) is 4.24. The van der Waals surface area contributed by atoms with E-state index in [1.807, 2.05) is 0 Å². The van der Waals surface area contributed by atoms with E-state index in [4.69, 9.17) is 5.73 Å². The van der Waals surface area contributed by atoms with E-state index in [1.54, 1.807) is 0 Å². The first-order chi connectivity index (χ1) is 8.03. The number of nitrogens with two attached hydrogens (primary N) is 1. The van der Waals surface area contributed by atoms with Crippen molar-refractivity contribution in [3.05, 3.63) is 29.6 Å². The maximum Gasteiger partial charge on any atom is 0.243 e. The van der Waals surface area contributed by atoms with Crippen molar-refractivity contribution in [2.75, 3.05) is 6.54 Å². The summed E-state index contributed by atoms with van der Waals surface area (Å²) < 4.78 is 39.6. The van der Waals surface area contributed by atoms with Gasteiger partial charge in [-0.25, -0.2) is 17.5 Å². The van der Waals surface area contributed by atoms with Crippen LogP contribution >= 0.6 is 0 Å². The SMILES string of the molecule is NCc1ccc(S(=O)(=O)NCC2CC2)c(F)c1. The Kier molecular flexibility index (Phi) is 3.46.